The standard InChI is InChI=1S/C12H15NO2/c1-2-4-11(14)8-12(15)9-5-3-6-10(13)7-9/h3,5-7H,2,4,8,13H2,1H3. The summed E-state index contributed by atoms with van der Waals surface area (Å²) in [4.78, 5) is 22.9. The van der Waals surface area contributed by atoms with Gasteiger partial charge in [-0.15, -0.1) is 0 Å². The number of rotatable bonds is 5. The normalized spacial score (nSPS) is 9.93. The Morgan fingerprint density at radius 2 is 2.07 bits per heavy atom. The van der Waals surface area contributed by atoms with Crippen molar-refractivity contribution < 1.29 is 9.59 Å². The first-order valence-electron chi connectivity index (χ1n) is 5.04. The smallest absolute Gasteiger partial charge is 0.170 e. The minimum Gasteiger partial charge on any atom is -0.399 e. The summed E-state index contributed by atoms with van der Waals surface area (Å²) in [5.41, 5.74) is 6.61. The summed E-state index contributed by atoms with van der Waals surface area (Å²) in [7, 11) is 0. The van der Waals surface area contributed by atoms with Gasteiger partial charge < -0.3 is 5.73 Å². The van der Waals surface area contributed by atoms with Crippen LogP contribution in [0.25, 0.3) is 0 Å². The van der Waals surface area contributed by atoms with Gasteiger partial charge in [0.25, 0.3) is 0 Å². The van der Waals surface area contributed by atoms with Crippen LogP contribution in [0.1, 0.15) is 36.5 Å². The van der Waals surface area contributed by atoms with E-state index in [9.17, 15) is 9.59 Å². The second-order valence-electron chi connectivity index (χ2n) is 3.51. The first-order chi connectivity index (χ1) is 7.13. The highest BCUT2D eigenvalue weighted by atomic mass is 16.1. The van der Waals surface area contributed by atoms with Crippen LogP contribution >= 0.6 is 0 Å². The molecule has 0 saturated carbocycles. The van der Waals surface area contributed by atoms with Gasteiger partial charge in [0.2, 0.25) is 0 Å². The second kappa shape index (κ2) is 5.29. The molecule has 80 valence electrons. The highest BCUT2D eigenvalue weighted by Crippen LogP contribution is 2.10. The molecule has 1 aromatic carbocycles. The van der Waals surface area contributed by atoms with E-state index in [2.05, 4.69) is 0 Å². The monoisotopic (exact) mass is 205 g/mol. The van der Waals surface area contributed by atoms with Crippen molar-refractivity contribution in [3.8, 4) is 0 Å². The van der Waals surface area contributed by atoms with Crippen molar-refractivity contribution in [2.75, 3.05) is 5.73 Å². The van der Waals surface area contributed by atoms with Gasteiger partial charge in [0.05, 0.1) is 6.42 Å². The van der Waals surface area contributed by atoms with E-state index in [-0.39, 0.29) is 18.0 Å². The van der Waals surface area contributed by atoms with Gasteiger partial charge in [-0.05, 0) is 18.6 Å². The Kier molecular flexibility index (Phi) is 4.03. The number of nitrogen functional groups attached to an aromatic ring is 1. The van der Waals surface area contributed by atoms with Crippen molar-refractivity contribution >= 4 is 17.3 Å². The van der Waals surface area contributed by atoms with Gasteiger partial charge >= 0.3 is 0 Å². The Morgan fingerprint density at radius 1 is 1.33 bits per heavy atom. The fraction of sp³-hybridized carbons (Fsp3) is 0.333. The molecule has 0 bridgehead atoms. The lowest BCUT2D eigenvalue weighted by atomic mass is 10.0. The van der Waals surface area contributed by atoms with Gasteiger partial charge in [-0.2, -0.15) is 0 Å². The molecule has 0 amide bonds. The van der Waals surface area contributed by atoms with Gasteiger partial charge in [0.1, 0.15) is 5.78 Å². The molecule has 2 N–H and O–H groups in total. The van der Waals surface area contributed by atoms with Crippen LogP contribution in [0.2, 0.25) is 0 Å². The van der Waals surface area contributed by atoms with Gasteiger partial charge in [-0.3, -0.25) is 9.59 Å². The Hall–Kier alpha value is -1.64. The predicted molar refractivity (Wildman–Crippen MR) is 59.7 cm³/mol. The van der Waals surface area contributed by atoms with Crippen molar-refractivity contribution in [1.29, 1.82) is 0 Å². The van der Waals surface area contributed by atoms with Crippen LogP contribution in [0.3, 0.4) is 0 Å². The number of carbonyl (C=O) groups excluding carboxylic acids is 2. The summed E-state index contributed by atoms with van der Waals surface area (Å²) in [6.45, 7) is 1.92. The Morgan fingerprint density at radius 3 is 2.67 bits per heavy atom. The summed E-state index contributed by atoms with van der Waals surface area (Å²) >= 11 is 0. The van der Waals surface area contributed by atoms with E-state index in [1.54, 1.807) is 24.3 Å². The molecule has 0 aliphatic rings. The highest BCUT2D eigenvalue weighted by molar-refractivity contribution is 6.08. The van der Waals surface area contributed by atoms with E-state index < -0.39 is 0 Å². The van der Waals surface area contributed by atoms with E-state index in [0.29, 0.717) is 17.7 Å². The van der Waals surface area contributed by atoms with Crippen LogP contribution in [0.5, 0.6) is 0 Å². The molecular formula is C12H15NO2. The van der Waals surface area contributed by atoms with Crippen molar-refractivity contribution in [3.05, 3.63) is 29.8 Å². The zero-order valence-electron chi connectivity index (χ0n) is 8.82. The average molecular weight is 205 g/mol. The number of hydrogen-bond donors (Lipinski definition) is 1. The third-order valence-electron chi connectivity index (χ3n) is 2.10. The first-order valence-corrected chi connectivity index (χ1v) is 5.04. The number of hydrogen-bond acceptors (Lipinski definition) is 3. The summed E-state index contributed by atoms with van der Waals surface area (Å²) < 4.78 is 0. The van der Waals surface area contributed by atoms with Crippen LogP contribution in [-0.4, -0.2) is 11.6 Å². The summed E-state index contributed by atoms with van der Waals surface area (Å²) in [5.74, 6) is -0.161. The molecule has 0 aromatic heterocycles. The summed E-state index contributed by atoms with van der Waals surface area (Å²) in [6.07, 6.45) is 1.23. The Labute approximate surface area is 89.3 Å². The molecule has 0 spiro atoms. The molecule has 0 radical (unpaired) electrons. The molecule has 0 atom stereocenters. The quantitative estimate of drug-likeness (QED) is 0.455. The lowest BCUT2D eigenvalue weighted by molar-refractivity contribution is -0.118. The van der Waals surface area contributed by atoms with E-state index in [0.717, 1.165) is 6.42 Å². The lowest BCUT2D eigenvalue weighted by Crippen LogP contribution is -2.08. The van der Waals surface area contributed by atoms with E-state index in [1.807, 2.05) is 6.92 Å². The molecular weight excluding hydrogens is 190 g/mol. The fourth-order valence-electron chi connectivity index (χ4n) is 1.36. The third-order valence-corrected chi connectivity index (χ3v) is 2.10. The van der Waals surface area contributed by atoms with Gasteiger partial charge in [-0.25, -0.2) is 0 Å². The van der Waals surface area contributed by atoms with Crippen molar-refractivity contribution in [2.24, 2.45) is 0 Å². The minimum atomic E-state index is -0.152. The molecule has 0 fully saturated rings. The maximum atomic E-state index is 11.6. The van der Waals surface area contributed by atoms with Crippen LogP contribution in [0.15, 0.2) is 24.3 Å². The number of Topliss-reactive ketones (excluding diaryl/α,β-unsaturated/α-hetero) is 2. The maximum absolute atomic E-state index is 11.6. The average Bonchev–Trinajstić information content (AvgIpc) is 2.18. The molecule has 0 aliphatic heterocycles. The van der Waals surface area contributed by atoms with Gasteiger partial charge in [-0.1, -0.05) is 19.1 Å². The highest BCUT2D eigenvalue weighted by Gasteiger charge is 2.10. The fourth-order valence-corrected chi connectivity index (χ4v) is 1.36. The summed E-state index contributed by atoms with van der Waals surface area (Å²) in [5, 5.41) is 0. The van der Waals surface area contributed by atoms with E-state index in [4.69, 9.17) is 5.73 Å². The van der Waals surface area contributed by atoms with Crippen molar-refractivity contribution in [2.45, 2.75) is 26.2 Å². The molecule has 3 heteroatoms. The largest absolute Gasteiger partial charge is 0.399 e. The minimum absolute atomic E-state index is 0.00933. The molecule has 0 unspecified atom stereocenters. The van der Waals surface area contributed by atoms with E-state index >= 15 is 0 Å². The van der Waals surface area contributed by atoms with Crippen LogP contribution in [-0.2, 0) is 4.79 Å². The van der Waals surface area contributed by atoms with Crippen LogP contribution < -0.4 is 5.73 Å². The molecule has 1 aromatic rings. The molecule has 1 rings (SSSR count). The third kappa shape index (κ3) is 3.54. The number of benzene rings is 1. The molecule has 0 heterocycles. The molecule has 0 aliphatic carbocycles. The molecule has 15 heavy (non-hydrogen) atoms. The number of carbonyl (C=O) groups is 2. The lowest BCUT2D eigenvalue weighted by Gasteiger charge is -2.01. The molecule has 0 saturated heterocycles. The van der Waals surface area contributed by atoms with E-state index in [1.165, 1.54) is 0 Å². The second-order valence-corrected chi connectivity index (χ2v) is 3.51. The van der Waals surface area contributed by atoms with Crippen molar-refractivity contribution in [1.82, 2.24) is 0 Å². The Bertz CT molecular complexity index is 372. The number of ketones is 2. The first kappa shape index (κ1) is 11.4. The van der Waals surface area contributed by atoms with Crippen LogP contribution in [0.4, 0.5) is 5.69 Å². The number of anilines is 1. The zero-order valence-corrected chi connectivity index (χ0v) is 8.82. The SMILES string of the molecule is CCCC(=O)CC(=O)c1cccc(N)c1. The topological polar surface area (TPSA) is 60.2 Å². The maximum Gasteiger partial charge on any atom is 0.170 e. The number of nitrogens with two attached hydrogens (primary N) is 1. The predicted octanol–water partition coefficient (Wildman–Crippen LogP) is 2.21. The molecule has 3 nitrogen and oxygen atoms in total. The van der Waals surface area contributed by atoms with Gasteiger partial charge in [0, 0.05) is 17.7 Å². The Balaban J connectivity index is 2.65. The van der Waals surface area contributed by atoms with Crippen molar-refractivity contribution in [3.63, 3.8) is 0 Å². The zero-order chi connectivity index (χ0) is 11.3. The summed E-state index contributed by atoms with van der Waals surface area (Å²) in [6, 6.07) is 6.71. The van der Waals surface area contributed by atoms with Crippen LogP contribution in [0, 0.1) is 0 Å². The van der Waals surface area contributed by atoms with Gasteiger partial charge in [0.15, 0.2) is 5.78 Å².